The van der Waals surface area contributed by atoms with Crippen molar-refractivity contribution in [1.82, 2.24) is 0 Å². The quantitative estimate of drug-likeness (QED) is 0.358. The van der Waals surface area contributed by atoms with Crippen LogP contribution in [-0.2, 0) is 0 Å². The number of aliphatic imine (C=N–C) groups is 1. The smallest absolute Gasteiger partial charge is 0.193 e. The number of nitrogens with zero attached hydrogens (tertiary/aromatic N) is 1. The van der Waals surface area contributed by atoms with E-state index >= 15 is 0 Å². The van der Waals surface area contributed by atoms with Crippen LogP contribution in [0.2, 0.25) is 0 Å². The van der Waals surface area contributed by atoms with Crippen LogP contribution in [0.5, 0.6) is 0 Å². The van der Waals surface area contributed by atoms with Gasteiger partial charge in [-0.25, -0.2) is 0 Å². The minimum atomic E-state index is -0.0457. The third-order valence-electron chi connectivity index (χ3n) is 0.901. The summed E-state index contributed by atoms with van der Waals surface area (Å²) in [6, 6.07) is 0. The van der Waals surface area contributed by atoms with E-state index < -0.39 is 0 Å². The van der Waals surface area contributed by atoms with E-state index in [0.29, 0.717) is 0 Å². The highest BCUT2D eigenvalue weighted by atomic mass is 32.2. The van der Waals surface area contributed by atoms with Crippen LogP contribution in [0.4, 0.5) is 0 Å². The number of amidine groups is 1. The van der Waals surface area contributed by atoms with Crippen LogP contribution in [0.15, 0.2) is 4.99 Å². The molecular weight excluding hydrogens is 192 g/mol. The molecule has 5 N–H and O–H groups in total. The third kappa shape index (κ3) is 7.74. The lowest BCUT2D eigenvalue weighted by molar-refractivity contribution is 1.43. The number of thioether (sulfide) groups is 2. The predicted octanol–water partition coefficient (Wildman–Crippen LogP) is 0.681. The van der Waals surface area contributed by atoms with E-state index in [1.165, 1.54) is 11.8 Å². The van der Waals surface area contributed by atoms with Crippen LogP contribution in [0.25, 0.3) is 0 Å². The van der Waals surface area contributed by atoms with Crippen molar-refractivity contribution in [2.24, 2.45) is 16.5 Å². The molecule has 70 valence electrons. The number of nitrogens with two attached hydrogens (primary N) is 2. The van der Waals surface area contributed by atoms with Gasteiger partial charge in [-0.2, -0.15) is 16.8 Å². The van der Waals surface area contributed by atoms with Crippen LogP contribution in [0, 0.1) is 5.41 Å². The van der Waals surface area contributed by atoms with Gasteiger partial charge in [0, 0.05) is 11.5 Å². The number of nitrogens with one attached hydrogen (secondary N) is 1. The highest BCUT2D eigenvalue weighted by Gasteiger charge is 1.94. The Morgan fingerprint density at radius 3 is 2.58 bits per heavy atom. The molecule has 0 aromatic heterocycles. The van der Waals surface area contributed by atoms with Gasteiger partial charge in [0.2, 0.25) is 0 Å². The van der Waals surface area contributed by atoms with E-state index in [1.54, 1.807) is 0 Å². The van der Waals surface area contributed by atoms with Gasteiger partial charge in [-0.05, 0) is 5.75 Å². The van der Waals surface area contributed by atoms with Crippen molar-refractivity contribution in [1.29, 1.82) is 5.41 Å². The molecule has 0 amide bonds. The van der Waals surface area contributed by atoms with Gasteiger partial charge < -0.3 is 11.5 Å². The fourth-order valence-electron chi connectivity index (χ4n) is 0.491. The SMILES string of the molecule is CCSCCSC(=N)N=C(N)N. The van der Waals surface area contributed by atoms with Crippen LogP contribution in [0.3, 0.4) is 0 Å². The molecule has 0 unspecified atom stereocenters. The average Bonchev–Trinajstić information content (AvgIpc) is 1.97. The summed E-state index contributed by atoms with van der Waals surface area (Å²) in [6.07, 6.45) is 0. The molecule has 0 aliphatic heterocycles. The Morgan fingerprint density at radius 2 is 2.08 bits per heavy atom. The second-order valence-electron chi connectivity index (χ2n) is 1.89. The zero-order chi connectivity index (χ0) is 9.40. The highest BCUT2D eigenvalue weighted by molar-refractivity contribution is 8.14. The van der Waals surface area contributed by atoms with Crippen molar-refractivity contribution in [2.75, 3.05) is 17.3 Å². The second-order valence-corrected chi connectivity index (χ2v) is 4.36. The van der Waals surface area contributed by atoms with E-state index in [9.17, 15) is 0 Å². The maximum atomic E-state index is 7.26. The molecule has 0 atom stereocenters. The van der Waals surface area contributed by atoms with Gasteiger partial charge in [0.15, 0.2) is 11.1 Å². The van der Waals surface area contributed by atoms with Crippen molar-refractivity contribution in [2.45, 2.75) is 6.92 Å². The Kier molecular flexibility index (Phi) is 7.08. The Labute approximate surface area is 81.1 Å². The Hall–Kier alpha value is -0.360. The first-order valence-electron chi connectivity index (χ1n) is 3.55. The van der Waals surface area contributed by atoms with Crippen molar-refractivity contribution < 1.29 is 0 Å². The molecular formula is C6H14N4S2. The molecule has 4 nitrogen and oxygen atoms in total. The minimum Gasteiger partial charge on any atom is -0.370 e. The summed E-state index contributed by atoms with van der Waals surface area (Å²) >= 11 is 3.20. The topological polar surface area (TPSA) is 88.2 Å². The molecule has 0 fully saturated rings. The summed E-state index contributed by atoms with van der Waals surface area (Å²) in [6.45, 7) is 2.11. The molecule has 0 saturated heterocycles. The first kappa shape index (κ1) is 11.6. The number of rotatable bonds is 4. The van der Waals surface area contributed by atoms with Gasteiger partial charge in [0.05, 0.1) is 0 Å². The number of hydrogen-bond donors (Lipinski definition) is 3. The standard InChI is InChI=1S/C6H14N4S2/c1-2-11-3-4-12-6(9)10-5(7)8/h2-4H2,1H3,(H5,7,8,9,10). The summed E-state index contributed by atoms with van der Waals surface area (Å²) < 4.78 is 0. The average molecular weight is 206 g/mol. The molecule has 0 saturated carbocycles. The second kappa shape index (κ2) is 7.30. The van der Waals surface area contributed by atoms with Crippen LogP contribution < -0.4 is 11.5 Å². The predicted molar refractivity (Wildman–Crippen MR) is 59.0 cm³/mol. The minimum absolute atomic E-state index is 0.0457. The molecule has 0 rings (SSSR count). The van der Waals surface area contributed by atoms with Crippen molar-refractivity contribution >= 4 is 34.7 Å². The molecule has 0 bridgehead atoms. The number of guanidine groups is 1. The van der Waals surface area contributed by atoms with Gasteiger partial charge >= 0.3 is 0 Å². The van der Waals surface area contributed by atoms with E-state index in [4.69, 9.17) is 16.9 Å². The lowest BCUT2D eigenvalue weighted by atomic mass is 10.9. The van der Waals surface area contributed by atoms with Crippen molar-refractivity contribution in [3.8, 4) is 0 Å². The molecule has 0 aliphatic carbocycles. The normalized spacial score (nSPS) is 9.42. The van der Waals surface area contributed by atoms with E-state index in [-0.39, 0.29) is 11.1 Å². The van der Waals surface area contributed by atoms with Gasteiger partial charge in [-0.3, -0.25) is 5.41 Å². The van der Waals surface area contributed by atoms with Gasteiger partial charge in [-0.1, -0.05) is 18.7 Å². The fraction of sp³-hybridized carbons (Fsp3) is 0.667. The summed E-state index contributed by atoms with van der Waals surface area (Å²) in [5, 5.41) is 7.45. The first-order valence-corrected chi connectivity index (χ1v) is 5.69. The van der Waals surface area contributed by atoms with Crippen LogP contribution in [-0.4, -0.2) is 28.4 Å². The maximum absolute atomic E-state index is 7.26. The van der Waals surface area contributed by atoms with E-state index in [1.807, 2.05) is 11.8 Å². The van der Waals surface area contributed by atoms with Crippen molar-refractivity contribution in [3.05, 3.63) is 0 Å². The molecule has 0 heterocycles. The molecule has 0 aliphatic rings. The molecule has 0 radical (unpaired) electrons. The fourth-order valence-corrected chi connectivity index (χ4v) is 1.95. The lowest BCUT2D eigenvalue weighted by Crippen LogP contribution is -2.23. The Morgan fingerprint density at radius 1 is 1.42 bits per heavy atom. The van der Waals surface area contributed by atoms with Crippen LogP contribution in [0.1, 0.15) is 6.92 Å². The molecule has 12 heavy (non-hydrogen) atoms. The monoisotopic (exact) mass is 206 g/mol. The Bertz CT molecular complexity index is 165. The summed E-state index contributed by atoms with van der Waals surface area (Å²) in [5.74, 6) is 2.98. The van der Waals surface area contributed by atoms with Gasteiger partial charge in [-0.15, -0.1) is 0 Å². The zero-order valence-electron chi connectivity index (χ0n) is 7.04. The molecule has 6 heteroatoms. The maximum Gasteiger partial charge on any atom is 0.193 e. The first-order chi connectivity index (χ1) is 5.66. The number of hydrogen-bond acceptors (Lipinski definition) is 3. The van der Waals surface area contributed by atoms with E-state index in [2.05, 4.69) is 11.9 Å². The largest absolute Gasteiger partial charge is 0.370 e. The van der Waals surface area contributed by atoms with Crippen molar-refractivity contribution in [3.63, 3.8) is 0 Å². The van der Waals surface area contributed by atoms with Crippen LogP contribution >= 0.6 is 23.5 Å². The summed E-state index contributed by atoms with van der Waals surface area (Å²) in [7, 11) is 0. The zero-order valence-corrected chi connectivity index (χ0v) is 8.67. The third-order valence-corrected chi connectivity index (χ3v) is 2.83. The molecule has 0 spiro atoms. The molecule has 0 aromatic carbocycles. The van der Waals surface area contributed by atoms with E-state index in [0.717, 1.165) is 17.3 Å². The van der Waals surface area contributed by atoms with Gasteiger partial charge in [0.1, 0.15) is 0 Å². The highest BCUT2D eigenvalue weighted by Crippen LogP contribution is 2.07. The molecule has 0 aromatic rings. The Balaban J connectivity index is 3.39. The lowest BCUT2D eigenvalue weighted by Gasteiger charge is -1.97. The summed E-state index contributed by atoms with van der Waals surface area (Å²) in [4.78, 5) is 3.58. The van der Waals surface area contributed by atoms with Gasteiger partial charge in [0.25, 0.3) is 0 Å². The summed E-state index contributed by atoms with van der Waals surface area (Å²) in [5.41, 5.74) is 10.2.